The molecular formula is C13H25N3O2. The van der Waals surface area contributed by atoms with Crippen molar-refractivity contribution in [3.63, 3.8) is 0 Å². The van der Waals surface area contributed by atoms with Gasteiger partial charge in [0.2, 0.25) is 11.8 Å². The van der Waals surface area contributed by atoms with Gasteiger partial charge in [0, 0.05) is 26.1 Å². The van der Waals surface area contributed by atoms with Crippen molar-refractivity contribution in [3.8, 4) is 0 Å². The smallest absolute Gasteiger partial charge is 0.240 e. The summed E-state index contributed by atoms with van der Waals surface area (Å²) in [6.45, 7) is 7.15. The van der Waals surface area contributed by atoms with Crippen molar-refractivity contribution in [2.75, 3.05) is 20.1 Å². The molecule has 0 unspecified atom stereocenters. The fourth-order valence-corrected chi connectivity index (χ4v) is 2.13. The van der Waals surface area contributed by atoms with Crippen LogP contribution in [-0.4, -0.2) is 42.9 Å². The molecule has 1 saturated heterocycles. The van der Waals surface area contributed by atoms with E-state index in [1.54, 1.807) is 11.9 Å². The predicted octanol–water partition coefficient (Wildman–Crippen LogP) is 0.344. The second-order valence-corrected chi connectivity index (χ2v) is 6.06. The Balaban J connectivity index is 2.53. The van der Waals surface area contributed by atoms with E-state index in [0.717, 1.165) is 12.8 Å². The van der Waals surface area contributed by atoms with Gasteiger partial charge < -0.3 is 16.0 Å². The van der Waals surface area contributed by atoms with Crippen LogP contribution < -0.4 is 11.1 Å². The first kappa shape index (κ1) is 15.0. The van der Waals surface area contributed by atoms with Crippen LogP contribution in [0, 0.1) is 11.3 Å². The number of rotatable bonds is 2. The molecule has 0 aliphatic carbocycles. The van der Waals surface area contributed by atoms with Crippen molar-refractivity contribution in [3.05, 3.63) is 0 Å². The summed E-state index contributed by atoms with van der Waals surface area (Å²) in [5.74, 6) is 0.102. The van der Waals surface area contributed by atoms with Gasteiger partial charge in [-0.05, 0) is 18.3 Å². The lowest BCUT2D eigenvalue weighted by Gasteiger charge is -2.36. The third-order valence-electron chi connectivity index (χ3n) is 3.62. The average Bonchev–Trinajstić information content (AvgIpc) is 2.35. The van der Waals surface area contributed by atoms with Crippen LogP contribution in [0.4, 0.5) is 0 Å². The third kappa shape index (κ3) is 3.45. The van der Waals surface area contributed by atoms with Crippen LogP contribution in [0.2, 0.25) is 0 Å². The molecule has 0 radical (unpaired) electrons. The van der Waals surface area contributed by atoms with Crippen molar-refractivity contribution in [1.82, 2.24) is 10.2 Å². The molecule has 1 aliphatic rings. The normalized spacial score (nSPS) is 19.5. The van der Waals surface area contributed by atoms with Gasteiger partial charge in [-0.1, -0.05) is 20.8 Å². The molecule has 5 heteroatoms. The van der Waals surface area contributed by atoms with Gasteiger partial charge in [-0.25, -0.2) is 0 Å². The number of piperidine rings is 1. The van der Waals surface area contributed by atoms with Gasteiger partial charge in [0.25, 0.3) is 0 Å². The third-order valence-corrected chi connectivity index (χ3v) is 3.62. The number of carbonyl (C=O) groups excluding carboxylic acids is 2. The summed E-state index contributed by atoms with van der Waals surface area (Å²) in [5.41, 5.74) is 5.75. The monoisotopic (exact) mass is 255 g/mol. The maximum absolute atomic E-state index is 12.2. The van der Waals surface area contributed by atoms with E-state index in [-0.39, 0.29) is 23.1 Å². The number of hydrogen-bond donors (Lipinski definition) is 2. The first-order valence-electron chi connectivity index (χ1n) is 6.53. The molecule has 18 heavy (non-hydrogen) atoms. The van der Waals surface area contributed by atoms with Gasteiger partial charge in [-0.2, -0.15) is 0 Å². The number of nitrogens with zero attached hydrogens (tertiary/aromatic N) is 1. The maximum atomic E-state index is 12.2. The Bertz CT molecular complexity index is 315. The molecule has 0 aromatic heterocycles. The van der Waals surface area contributed by atoms with Crippen molar-refractivity contribution in [1.29, 1.82) is 0 Å². The number of carbonyl (C=O) groups is 2. The molecule has 1 fully saturated rings. The van der Waals surface area contributed by atoms with Crippen LogP contribution in [0.15, 0.2) is 0 Å². The molecule has 1 atom stereocenters. The van der Waals surface area contributed by atoms with E-state index in [1.807, 2.05) is 20.8 Å². The molecule has 1 aliphatic heterocycles. The van der Waals surface area contributed by atoms with E-state index in [9.17, 15) is 9.59 Å². The number of nitrogens with two attached hydrogens (primary N) is 1. The Labute approximate surface area is 109 Å². The fourth-order valence-electron chi connectivity index (χ4n) is 2.13. The molecular weight excluding hydrogens is 230 g/mol. The Hall–Kier alpha value is -1.10. The lowest BCUT2D eigenvalue weighted by atomic mass is 9.86. The van der Waals surface area contributed by atoms with E-state index in [0.29, 0.717) is 13.1 Å². The predicted molar refractivity (Wildman–Crippen MR) is 70.8 cm³/mol. The molecule has 1 rings (SSSR count). The maximum Gasteiger partial charge on any atom is 0.240 e. The van der Waals surface area contributed by atoms with Gasteiger partial charge in [-0.3, -0.25) is 9.59 Å². The second kappa shape index (κ2) is 5.69. The van der Waals surface area contributed by atoms with E-state index < -0.39 is 6.04 Å². The summed E-state index contributed by atoms with van der Waals surface area (Å²) in [4.78, 5) is 25.5. The Kier molecular flexibility index (Phi) is 4.73. The lowest BCUT2D eigenvalue weighted by Crippen LogP contribution is -2.53. The molecule has 1 heterocycles. The number of nitrogens with one attached hydrogen (secondary N) is 1. The zero-order valence-corrected chi connectivity index (χ0v) is 11.8. The molecule has 0 bridgehead atoms. The summed E-state index contributed by atoms with van der Waals surface area (Å²) >= 11 is 0. The van der Waals surface area contributed by atoms with Crippen LogP contribution in [0.3, 0.4) is 0 Å². The topological polar surface area (TPSA) is 75.4 Å². The zero-order valence-electron chi connectivity index (χ0n) is 11.8. The molecule has 0 saturated carbocycles. The minimum atomic E-state index is -0.478. The van der Waals surface area contributed by atoms with Crippen LogP contribution in [0.25, 0.3) is 0 Å². The van der Waals surface area contributed by atoms with Crippen molar-refractivity contribution >= 4 is 11.8 Å². The van der Waals surface area contributed by atoms with Crippen LogP contribution >= 0.6 is 0 Å². The fraction of sp³-hybridized carbons (Fsp3) is 0.846. The van der Waals surface area contributed by atoms with E-state index in [4.69, 9.17) is 5.73 Å². The van der Waals surface area contributed by atoms with Crippen molar-refractivity contribution < 1.29 is 9.59 Å². The Morgan fingerprint density at radius 1 is 1.28 bits per heavy atom. The highest BCUT2D eigenvalue weighted by molar-refractivity contribution is 5.83. The number of amides is 2. The highest BCUT2D eigenvalue weighted by atomic mass is 16.2. The lowest BCUT2D eigenvalue weighted by molar-refractivity contribution is -0.138. The first-order chi connectivity index (χ1) is 8.27. The zero-order chi connectivity index (χ0) is 13.9. The SMILES string of the molecule is CNC(=O)C1CCN(C(=O)[C@H](N)C(C)(C)C)CC1. The van der Waals surface area contributed by atoms with Crippen LogP contribution in [-0.2, 0) is 9.59 Å². The standard InChI is InChI=1S/C13H25N3O2/c1-13(2,3)10(14)12(18)16-7-5-9(6-8-16)11(17)15-4/h9-10H,5-8,14H2,1-4H3,(H,15,17)/t10-/m0/s1. The Morgan fingerprint density at radius 3 is 2.17 bits per heavy atom. The molecule has 0 aromatic carbocycles. The largest absolute Gasteiger partial charge is 0.359 e. The van der Waals surface area contributed by atoms with Crippen LogP contribution in [0.5, 0.6) is 0 Å². The Morgan fingerprint density at radius 2 is 1.78 bits per heavy atom. The van der Waals surface area contributed by atoms with E-state index >= 15 is 0 Å². The van der Waals surface area contributed by atoms with Gasteiger partial charge in [-0.15, -0.1) is 0 Å². The van der Waals surface area contributed by atoms with Gasteiger partial charge in [0.15, 0.2) is 0 Å². The van der Waals surface area contributed by atoms with E-state index in [1.165, 1.54) is 0 Å². The summed E-state index contributed by atoms with van der Waals surface area (Å²) in [6, 6.07) is -0.478. The van der Waals surface area contributed by atoms with E-state index in [2.05, 4.69) is 5.32 Å². The summed E-state index contributed by atoms with van der Waals surface area (Å²) in [5, 5.41) is 2.66. The summed E-state index contributed by atoms with van der Waals surface area (Å²) in [7, 11) is 1.65. The summed E-state index contributed by atoms with van der Waals surface area (Å²) < 4.78 is 0. The minimum absolute atomic E-state index is 0.00198. The average molecular weight is 255 g/mol. The molecule has 104 valence electrons. The molecule has 3 N–H and O–H groups in total. The van der Waals surface area contributed by atoms with Gasteiger partial charge in [0.05, 0.1) is 6.04 Å². The van der Waals surface area contributed by atoms with Gasteiger partial charge >= 0.3 is 0 Å². The quantitative estimate of drug-likeness (QED) is 0.747. The minimum Gasteiger partial charge on any atom is -0.359 e. The molecule has 2 amide bonds. The summed E-state index contributed by atoms with van der Waals surface area (Å²) in [6.07, 6.45) is 1.45. The highest BCUT2D eigenvalue weighted by Gasteiger charge is 2.33. The van der Waals surface area contributed by atoms with Crippen molar-refractivity contribution in [2.45, 2.75) is 39.7 Å². The van der Waals surface area contributed by atoms with Crippen LogP contribution in [0.1, 0.15) is 33.6 Å². The number of likely N-dealkylation sites (tertiary alicyclic amines) is 1. The molecule has 0 spiro atoms. The van der Waals surface area contributed by atoms with Gasteiger partial charge in [0.1, 0.15) is 0 Å². The first-order valence-corrected chi connectivity index (χ1v) is 6.53. The molecule has 0 aromatic rings. The molecule has 5 nitrogen and oxygen atoms in total. The second-order valence-electron chi connectivity index (χ2n) is 6.06. The number of hydrogen-bond acceptors (Lipinski definition) is 3. The van der Waals surface area contributed by atoms with Crippen molar-refractivity contribution in [2.24, 2.45) is 17.1 Å². The highest BCUT2D eigenvalue weighted by Crippen LogP contribution is 2.22.